The summed E-state index contributed by atoms with van der Waals surface area (Å²) in [6.45, 7) is 3.06. The highest BCUT2D eigenvalue weighted by Crippen LogP contribution is 2.31. The standard InChI is InChI=1S/C22H23F2N5O3/c1-2-32-22(31)28-11-9-17(10-12-28)29-19-8-5-15(24)13-18(19)26-20(29)27-21(30)25-16-6-3-14(23)4-7-16/h3-8,13,17H,2,9-12H2,1H3,(H2,25,26,27,30). The van der Waals surface area contributed by atoms with E-state index in [2.05, 4.69) is 15.6 Å². The Labute approximate surface area is 183 Å². The van der Waals surface area contributed by atoms with Crippen LogP contribution in [0.5, 0.6) is 0 Å². The fraction of sp³-hybridized carbons (Fsp3) is 0.318. The molecular formula is C22H23F2N5O3. The average Bonchev–Trinajstić information content (AvgIpc) is 3.12. The van der Waals surface area contributed by atoms with Gasteiger partial charge in [0.2, 0.25) is 5.95 Å². The Bertz CT molecular complexity index is 1120. The molecule has 0 bridgehead atoms. The molecule has 1 fully saturated rings. The lowest BCUT2D eigenvalue weighted by atomic mass is 10.0. The van der Waals surface area contributed by atoms with E-state index in [1.165, 1.54) is 36.4 Å². The maximum Gasteiger partial charge on any atom is 0.409 e. The Morgan fingerprint density at radius 1 is 1.06 bits per heavy atom. The number of nitrogens with one attached hydrogen (secondary N) is 2. The van der Waals surface area contributed by atoms with E-state index in [0.717, 1.165) is 0 Å². The third-order valence-electron chi connectivity index (χ3n) is 5.33. The van der Waals surface area contributed by atoms with Crippen molar-refractivity contribution in [2.24, 2.45) is 0 Å². The third kappa shape index (κ3) is 4.63. The predicted molar refractivity (Wildman–Crippen MR) is 116 cm³/mol. The van der Waals surface area contributed by atoms with Gasteiger partial charge in [0, 0.05) is 30.9 Å². The van der Waals surface area contributed by atoms with Crippen LogP contribution in [0.4, 0.5) is 30.0 Å². The molecule has 0 radical (unpaired) electrons. The third-order valence-corrected chi connectivity index (χ3v) is 5.33. The van der Waals surface area contributed by atoms with Gasteiger partial charge < -0.3 is 19.5 Å². The van der Waals surface area contributed by atoms with E-state index in [1.807, 2.05) is 4.57 Å². The first-order chi connectivity index (χ1) is 15.4. The summed E-state index contributed by atoms with van der Waals surface area (Å²) in [5.41, 5.74) is 1.51. The molecule has 2 N–H and O–H groups in total. The number of fused-ring (bicyclic) bond motifs is 1. The SMILES string of the molecule is CCOC(=O)N1CCC(n2c(NC(=O)Nc3ccc(F)cc3)nc3cc(F)ccc32)CC1. The number of ether oxygens (including phenoxy) is 1. The Morgan fingerprint density at radius 2 is 1.75 bits per heavy atom. The maximum absolute atomic E-state index is 13.8. The number of hydrogen-bond acceptors (Lipinski definition) is 4. The van der Waals surface area contributed by atoms with Gasteiger partial charge in [-0.15, -0.1) is 0 Å². The van der Waals surface area contributed by atoms with Gasteiger partial charge in [-0.3, -0.25) is 5.32 Å². The lowest BCUT2D eigenvalue weighted by Crippen LogP contribution is -2.39. The topological polar surface area (TPSA) is 88.5 Å². The van der Waals surface area contributed by atoms with Gasteiger partial charge in [-0.1, -0.05) is 0 Å². The number of nitrogens with zero attached hydrogens (tertiary/aromatic N) is 3. The van der Waals surface area contributed by atoms with Gasteiger partial charge in [0.05, 0.1) is 17.6 Å². The van der Waals surface area contributed by atoms with Crippen molar-refractivity contribution in [3.05, 3.63) is 54.1 Å². The summed E-state index contributed by atoms with van der Waals surface area (Å²) >= 11 is 0. The average molecular weight is 443 g/mol. The van der Waals surface area contributed by atoms with Crippen LogP contribution in [-0.2, 0) is 4.74 Å². The number of amides is 3. The van der Waals surface area contributed by atoms with E-state index in [9.17, 15) is 18.4 Å². The summed E-state index contributed by atoms with van der Waals surface area (Å²) in [6.07, 6.45) is 0.895. The number of anilines is 2. The largest absolute Gasteiger partial charge is 0.450 e. The molecule has 0 aliphatic carbocycles. The fourth-order valence-corrected chi connectivity index (χ4v) is 3.85. The summed E-state index contributed by atoms with van der Waals surface area (Å²) in [7, 11) is 0. The quantitative estimate of drug-likeness (QED) is 0.609. The van der Waals surface area contributed by atoms with Gasteiger partial charge in [0.1, 0.15) is 11.6 Å². The number of piperidine rings is 1. The Hall–Kier alpha value is -3.69. The second kappa shape index (κ2) is 9.21. The molecule has 1 aliphatic rings. The van der Waals surface area contributed by atoms with E-state index in [0.29, 0.717) is 49.3 Å². The van der Waals surface area contributed by atoms with Gasteiger partial charge in [-0.05, 0) is 56.2 Å². The number of urea groups is 1. The van der Waals surface area contributed by atoms with E-state index in [-0.39, 0.29) is 18.1 Å². The Kier molecular flexibility index (Phi) is 6.20. The molecule has 0 spiro atoms. The van der Waals surface area contributed by atoms with Crippen LogP contribution in [0.3, 0.4) is 0 Å². The monoisotopic (exact) mass is 443 g/mol. The first-order valence-corrected chi connectivity index (χ1v) is 10.4. The normalized spacial score (nSPS) is 14.4. The van der Waals surface area contributed by atoms with Gasteiger partial charge in [-0.2, -0.15) is 0 Å². The molecule has 1 aliphatic heterocycles. The molecular weight excluding hydrogens is 420 g/mol. The predicted octanol–water partition coefficient (Wildman–Crippen LogP) is 4.75. The van der Waals surface area contributed by atoms with Crippen LogP contribution in [0.15, 0.2) is 42.5 Å². The highest BCUT2D eigenvalue weighted by molar-refractivity contribution is 5.99. The first-order valence-electron chi connectivity index (χ1n) is 10.4. The van der Waals surface area contributed by atoms with Crippen molar-refractivity contribution >= 4 is 34.8 Å². The number of likely N-dealkylation sites (tertiary alicyclic amines) is 1. The second-order valence-corrected chi connectivity index (χ2v) is 7.44. The number of imidazole rings is 1. The van der Waals surface area contributed by atoms with Crippen molar-refractivity contribution in [3.63, 3.8) is 0 Å². The molecule has 1 saturated heterocycles. The molecule has 1 aromatic heterocycles. The zero-order chi connectivity index (χ0) is 22.7. The van der Waals surface area contributed by atoms with E-state index in [1.54, 1.807) is 17.9 Å². The van der Waals surface area contributed by atoms with Crippen molar-refractivity contribution < 1.29 is 23.1 Å². The maximum atomic E-state index is 13.8. The number of carbonyl (C=O) groups is 2. The van der Waals surface area contributed by atoms with Crippen LogP contribution in [-0.4, -0.2) is 46.3 Å². The van der Waals surface area contributed by atoms with Gasteiger partial charge >= 0.3 is 12.1 Å². The van der Waals surface area contributed by atoms with Crippen LogP contribution in [0.25, 0.3) is 11.0 Å². The highest BCUT2D eigenvalue weighted by atomic mass is 19.1. The minimum absolute atomic E-state index is 0.0581. The smallest absolute Gasteiger partial charge is 0.409 e. The van der Waals surface area contributed by atoms with Gasteiger partial charge in [0.25, 0.3) is 0 Å². The molecule has 0 unspecified atom stereocenters. The molecule has 2 heterocycles. The summed E-state index contributed by atoms with van der Waals surface area (Å²) in [4.78, 5) is 30.6. The van der Waals surface area contributed by atoms with E-state index >= 15 is 0 Å². The molecule has 3 aromatic rings. The fourth-order valence-electron chi connectivity index (χ4n) is 3.85. The van der Waals surface area contributed by atoms with E-state index in [4.69, 9.17) is 4.74 Å². The molecule has 0 atom stereocenters. The summed E-state index contributed by atoms with van der Waals surface area (Å²) < 4.78 is 33.8. The molecule has 32 heavy (non-hydrogen) atoms. The molecule has 8 nitrogen and oxygen atoms in total. The number of carbonyl (C=O) groups excluding carboxylic acids is 2. The van der Waals surface area contributed by atoms with Crippen molar-refractivity contribution in [1.82, 2.24) is 14.5 Å². The number of rotatable bonds is 4. The first kappa shape index (κ1) is 21.5. The van der Waals surface area contributed by atoms with Crippen LogP contribution in [0, 0.1) is 11.6 Å². The summed E-state index contributed by atoms with van der Waals surface area (Å²) in [5, 5.41) is 5.34. The van der Waals surface area contributed by atoms with Gasteiger partial charge in [0.15, 0.2) is 0 Å². The minimum Gasteiger partial charge on any atom is -0.450 e. The lowest BCUT2D eigenvalue weighted by molar-refractivity contribution is 0.0932. The number of benzene rings is 2. The molecule has 3 amide bonds. The van der Waals surface area contributed by atoms with Crippen molar-refractivity contribution in [3.8, 4) is 0 Å². The van der Waals surface area contributed by atoms with E-state index < -0.39 is 17.7 Å². The number of halogens is 2. The summed E-state index contributed by atoms with van der Waals surface area (Å²) in [5.74, 6) is -0.574. The van der Waals surface area contributed by atoms with Crippen molar-refractivity contribution in [1.29, 1.82) is 0 Å². The number of hydrogen-bond donors (Lipinski definition) is 2. The Balaban J connectivity index is 1.56. The van der Waals surface area contributed by atoms with Crippen LogP contribution in [0.1, 0.15) is 25.8 Å². The van der Waals surface area contributed by atoms with Crippen molar-refractivity contribution in [2.75, 3.05) is 30.3 Å². The Morgan fingerprint density at radius 3 is 2.44 bits per heavy atom. The highest BCUT2D eigenvalue weighted by Gasteiger charge is 2.28. The molecule has 168 valence electrons. The van der Waals surface area contributed by atoms with Crippen LogP contribution >= 0.6 is 0 Å². The van der Waals surface area contributed by atoms with Crippen LogP contribution < -0.4 is 10.6 Å². The molecule has 2 aromatic carbocycles. The lowest BCUT2D eigenvalue weighted by Gasteiger charge is -2.32. The minimum atomic E-state index is -0.558. The molecule has 0 saturated carbocycles. The van der Waals surface area contributed by atoms with Crippen LogP contribution in [0.2, 0.25) is 0 Å². The van der Waals surface area contributed by atoms with Crippen molar-refractivity contribution in [2.45, 2.75) is 25.8 Å². The second-order valence-electron chi connectivity index (χ2n) is 7.44. The zero-order valence-corrected chi connectivity index (χ0v) is 17.5. The zero-order valence-electron chi connectivity index (χ0n) is 17.5. The summed E-state index contributed by atoms with van der Waals surface area (Å²) in [6, 6.07) is 9.03. The molecule has 10 heteroatoms. The molecule has 4 rings (SSSR count). The van der Waals surface area contributed by atoms with Gasteiger partial charge in [-0.25, -0.2) is 23.4 Å². The number of aromatic nitrogens is 2.